The number of carbonyl (C=O) groups is 1. The maximum Gasteiger partial charge on any atom is 0.363 e. The number of ether oxygens (including phenoxy) is 3. The second-order valence-electron chi connectivity index (χ2n) is 5.56. The fourth-order valence-corrected chi connectivity index (χ4v) is 2.89. The molecule has 0 saturated carbocycles. The molecule has 1 atom stereocenters. The molecule has 2 heterocycles. The maximum atomic E-state index is 12.0. The summed E-state index contributed by atoms with van der Waals surface area (Å²) in [7, 11) is 1.59. The quantitative estimate of drug-likeness (QED) is 0.572. The lowest BCUT2D eigenvalue weighted by Gasteiger charge is -2.15. The number of hydrogen-bond acceptors (Lipinski definition) is 6. The Labute approximate surface area is 150 Å². The standard InChI is InChI=1S/C19H19NO4S/c1-4-12(2)23-15-8-7-13(11-16(15)22-3)10-14-19(21)24-18(20-14)17-6-5-9-25-17/h5-12H,4H2,1-3H3/b14-10+/t12-/m1/s1. The second-order valence-corrected chi connectivity index (χ2v) is 6.51. The first kappa shape index (κ1) is 17.2. The van der Waals surface area contributed by atoms with Gasteiger partial charge in [-0.25, -0.2) is 9.79 Å². The molecule has 0 spiro atoms. The van der Waals surface area contributed by atoms with Gasteiger partial charge < -0.3 is 14.2 Å². The summed E-state index contributed by atoms with van der Waals surface area (Å²) >= 11 is 1.47. The number of carbonyl (C=O) groups excluding carboxylic acids is 1. The number of rotatable bonds is 6. The van der Waals surface area contributed by atoms with Gasteiger partial charge in [0.25, 0.3) is 0 Å². The minimum absolute atomic E-state index is 0.0980. The molecule has 0 bridgehead atoms. The number of benzene rings is 1. The van der Waals surface area contributed by atoms with Crippen molar-refractivity contribution in [3.63, 3.8) is 0 Å². The third-order valence-electron chi connectivity index (χ3n) is 3.75. The molecule has 6 heteroatoms. The number of thiophene rings is 1. The topological polar surface area (TPSA) is 57.1 Å². The zero-order valence-electron chi connectivity index (χ0n) is 14.3. The molecule has 25 heavy (non-hydrogen) atoms. The van der Waals surface area contributed by atoms with Crippen molar-refractivity contribution in [3.8, 4) is 11.5 Å². The molecule has 0 unspecified atom stereocenters. The molecule has 0 amide bonds. The van der Waals surface area contributed by atoms with Crippen molar-refractivity contribution in [3.05, 3.63) is 51.8 Å². The van der Waals surface area contributed by atoms with Crippen LogP contribution in [0.2, 0.25) is 0 Å². The third-order valence-corrected chi connectivity index (χ3v) is 4.60. The molecule has 1 aromatic carbocycles. The van der Waals surface area contributed by atoms with E-state index in [0.717, 1.165) is 16.9 Å². The van der Waals surface area contributed by atoms with E-state index in [1.807, 2.05) is 42.6 Å². The summed E-state index contributed by atoms with van der Waals surface area (Å²) in [5.74, 6) is 1.18. The Balaban J connectivity index is 1.87. The van der Waals surface area contributed by atoms with Crippen LogP contribution in [-0.2, 0) is 9.53 Å². The first-order valence-corrected chi connectivity index (χ1v) is 8.89. The Kier molecular flexibility index (Phi) is 5.19. The Bertz CT molecular complexity index is 824. The Morgan fingerprint density at radius 2 is 2.16 bits per heavy atom. The smallest absolute Gasteiger partial charge is 0.363 e. The lowest BCUT2D eigenvalue weighted by molar-refractivity contribution is -0.129. The monoisotopic (exact) mass is 357 g/mol. The molecule has 130 valence electrons. The van der Waals surface area contributed by atoms with Crippen LogP contribution < -0.4 is 9.47 Å². The summed E-state index contributed by atoms with van der Waals surface area (Å²) < 4.78 is 16.5. The van der Waals surface area contributed by atoms with Crippen LogP contribution in [0.1, 0.15) is 30.7 Å². The van der Waals surface area contributed by atoms with Crippen molar-refractivity contribution in [2.24, 2.45) is 4.99 Å². The van der Waals surface area contributed by atoms with Crippen LogP contribution in [0.15, 0.2) is 46.4 Å². The molecule has 1 aliphatic rings. The fraction of sp³-hybridized carbons (Fsp3) is 0.263. The molecule has 1 aromatic heterocycles. The van der Waals surface area contributed by atoms with Crippen LogP contribution in [0, 0.1) is 0 Å². The second kappa shape index (κ2) is 7.53. The first-order valence-electron chi connectivity index (χ1n) is 8.02. The first-order chi connectivity index (χ1) is 12.1. The summed E-state index contributed by atoms with van der Waals surface area (Å²) in [6, 6.07) is 9.26. The van der Waals surface area contributed by atoms with Gasteiger partial charge in [0.15, 0.2) is 17.2 Å². The average molecular weight is 357 g/mol. The Hall–Kier alpha value is -2.60. The number of aliphatic imine (C=N–C) groups is 1. The van der Waals surface area contributed by atoms with Crippen molar-refractivity contribution in [2.45, 2.75) is 26.4 Å². The fourth-order valence-electron chi connectivity index (χ4n) is 2.24. The van der Waals surface area contributed by atoms with Gasteiger partial charge in [-0.05, 0) is 48.6 Å². The lowest BCUT2D eigenvalue weighted by atomic mass is 10.1. The van der Waals surface area contributed by atoms with Crippen molar-refractivity contribution in [1.29, 1.82) is 0 Å². The largest absolute Gasteiger partial charge is 0.493 e. The highest BCUT2D eigenvalue weighted by atomic mass is 32.1. The summed E-state index contributed by atoms with van der Waals surface area (Å²) in [6.07, 6.45) is 2.68. The van der Waals surface area contributed by atoms with Crippen LogP contribution >= 0.6 is 11.3 Å². The minimum Gasteiger partial charge on any atom is -0.493 e. The highest BCUT2D eigenvalue weighted by Crippen LogP contribution is 2.31. The number of esters is 1. The molecule has 2 aromatic rings. The van der Waals surface area contributed by atoms with Gasteiger partial charge >= 0.3 is 5.97 Å². The lowest BCUT2D eigenvalue weighted by Crippen LogP contribution is -2.10. The van der Waals surface area contributed by atoms with Gasteiger partial charge in [-0.3, -0.25) is 0 Å². The van der Waals surface area contributed by atoms with Crippen molar-refractivity contribution in [1.82, 2.24) is 0 Å². The molecule has 0 fully saturated rings. The van der Waals surface area contributed by atoms with Crippen molar-refractivity contribution in [2.75, 3.05) is 7.11 Å². The summed E-state index contributed by atoms with van der Waals surface area (Å²) in [4.78, 5) is 17.1. The molecule has 0 radical (unpaired) electrons. The van der Waals surface area contributed by atoms with Gasteiger partial charge in [-0.2, -0.15) is 0 Å². The third kappa shape index (κ3) is 3.91. The molecule has 5 nitrogen and oxygen atoms in total. The van der Waals surface area contributed by atoms with Gasteiger partial charge in [0.1, 0.15) is 0 Å². The van der Waals surface area contributed by atoms with Crippen LogP contribution in [0.3, 0.4) is 0 Å². The molecule has 0 N–H and O–H groups in total. The number of cyclic esters (lactones) is 1. The maximum absolute atomic E-state index is 12.0. The SMILES string of the molecule is CC[C@@H](C)Oc1ccc(/C=C2/N=C(c3cccs3)OC2=O)cc1OC. The van der Waals surface area contributed by atoms with Gasteiger partial charge in [-0.1, -0.05) is 19.1 Å². The Morgan fingerprint density at radius 3 is 2.84 bits per heavy atom. The summed E-state index contributed by atoms with van der Waals surface area (Å²) in [6.45, 7) is 4.06. The van der Waals surface area contributed by atoms with Gasteiger partial charge in [-0.15, -0.1) is 11.3 Å². The predicted molar refractivity (Wildman–Crippen MR) is 98.3 cm³/mol. The molecular weight excluding hydrogens is 338 g/mol. The van der Waals surface area contributed by atoms with E-state index in [1.54, 1.807) is 13.2 Å². The Morgan fingerprint density at radius 1 is 1.32 bits per heavy atom. The van der Waals surface area contributed by atoms with Crippen LogP contribution in [0.25, 0.3) is 6.08 Å². The van der Waals surface area contributed by atoms with Gasteiger partial charge in [0.05, 0.1) is 18.1 Å². The van der Waals surface area contributed by atoms with Crippen molar-refractivity contribution >= 4 is 29.3 Å². The molecular formula is C19H19NO4S. The van der Waals surface area contributed by atoms with E-state index < -0.39 is 5.97 Å². The number of nitrogens with zero attached hydrogens (tertiary/aromatic N) is 1. The average Bonchev–Trinajstić information content (AvgIpc) is 3.26. The number of methoxy groups -OCH3 is 1. The van der Waals surface area contributed by atoms with Crippen LogP contribution in [0.5, 0.6) is 11.5 Å². The van der Waals surface area contributed by atoms with E-state index in [1.165, 1.54) is 11.3 Å². The van der Waals surface area contributed by atoms with E-state index >= 15 is 0 Å². The minimum atomic E-state index is -0.456. The van der Waals surface area contributed by atoms with E-state index in [4.69, 9.17) is 14.2 Å². The van der Waals surface area contributed by atoms with E-state index in [9.17, 15) is 4.79 Å². The zero-order valence-corrected chi connectivity index (χ0v) is 15.1. The summed E-state index contributed by atoms with van der Waals surface area (Å²) in [5, 5.41) is 1.91. The normalized spacial score (nSPS) is 16.5. The number of hydrogen-bond donors (Lipinski definition) is 0. The summed E-state index contributed by atoms with van der Waals surface area (Å²) in [5.41, 5.74) is 1.05. The van der Waals surface area contributed by atoms with Crippen molar-refractivity contribution < 1.29 is 19.0 Å². The van der Waals surface area contributed by atoms with E-state index in [2.05, 4.69) is 11.9 Å². The zero-order chi connectivity index (χ0) is 17.8. The molecule has 0 aliphatic carbocycles. The van der Waals surface area contributed by atoms with Crippen LogP contribution in [0.4, 0.5) is 0 Å². The molecule has 1 aliphatic heterocycles. The predicted octanol–water partition coefficient (Wildman–Crippen LogP) is 4.28. The van der Waals surface area contributed by atoms with Crippen LogP contribution in [-0.4, -0.2) is 25.1 Å². The van der Waals surface area contributed by atoms with Gasteiger partial charge in [0.2, 0.25) is 5.90 Å². The van der Waals surface area contributed by atoms with E-state index in [-0.39, 0.29) is 11.8 Å². The highest BCUT2D eigenvalue weighted by Gasteiger charge is 2.24. The molecule has 3 rings (SSSR count). The van der Waals surface area contributed by atoms with Gasteiger partial charge in [0, 0.05) is 0 Å². The highest BCUT2D eigenvalue weighted by molar-refractivity contribution is 7.12. The molecule has 0 saturated heterocycles. The van der Waals surface area contributed by atoms with E-state index in [0.29, 0.717) is 17.4 Å².